The van der Waals surface area contributed by atoms with Gasteiger partial charge in [-0.25, -0.2) is 0 Å². The number of nitrogens with one attached hydrogen (secondary N) is 1. The molecule has 0 amide bonds. The molecule has 3 nitrogen and oxygen atoms in total. The molecule has 29 heavy (non-hydrogen) atoms. The Kier molecular flexibility index (Phi) is 6.42. The fourth-order valence-electron chi connectivity index (χ4n) is 8.83. The van der Waals surface area contributed by atoms with Gasteiger partial charge in [0.25, 0.3) is 0 Å². The second-order valence-electron chi connectivity index (χ2n) is 12.5. The zero-order valence-corrected chi connectivity index (χ0v) is 19.6. The van der Waals surface area contributed by atoms with Crippen molar-refractivity contribution < 1.29 is 5.11 Å². The molecule has 8 atom stereocenters. The van der Waals surface area contributed by atoms with Crippen molar-refractivity contribution in [3.8, 4) is 0 Å². The van der Waals surface area contributed by atoms with Gasteiger partial charge in [0.1, 0.15) is 0 Å². The lowest BCUT2D eigenvalue weighted by Gasteiger charge is -2.44. The van der Waals surface area contributed by atoms with Crippen LogP contribution in [0.2, 0.25) is 0 Å². The van der Waals surface area contributed by atoms with E-state index >= 15 is 0 Å². The molecule has 4 fully saturated rings. The molecule has 4 bridgehead atoms. The van der Waals surface area contributed by atoms with E-state index in [4.69, 9.17) is 5.73 Å². The van der Waals surface area contributed by atoms with Crippen LogP contribution in [0, 0.1) is 46.3 Å². The predicted molar refractivity (Wildman–Crippen MR) is 122 cm³/mol. The minimum Gasteiger partial charge on any atom is -0.390 e. The molecule has 0 radical (unpaired) electrons. The molecule has 168 valence electrons. The Morgan fingerprint density at radius 3 is 2.17 bits per heavy atom. The highest BCUT2D eigenvalue weighted by atomic mass is 16.3. The first-order chi connectivity index (χ1) is 13.7. The van der Waals surface area contributed by atoms with Crippen molar-refractivity contribution in [1.82, 2.24) is 5.32 Å². The van der Waals surface area contributed by atoms with E-state index in [2.05, 4.69) is 33.0 Å². The third-order valence-corrected chi connectivity index (χ3v) is 10.5. The van der Waals surface area contributed by atoms with Crippen LogP contribution in [0.15, 0.2) is 0 Å². The zero-order valence-electron chi connectivity index (χ0n) is 19.6. The van der Waals surface area contributed by atoms with Gasteiger partial charge in [0.2, 0.25) is 0 Å². The second-order valence-corrected chi connectivity index (χ2v) is 12.5. The number of hydrogen-bond acceptors (Lipinski definition) is 3. The van der Waals surface area contributed by atoms with Gasteiger partial charge in [-0.05, 0) is 97.7 Å². The number of fused-ring (bicyclic) bond motifs is 4. The van der Waals surface area contributed by atoms with E-state index in [1.807, 2.05) is 0 Å². The number of aliphatic hydroxyl groups is 1. The summed E-state index contributed by atoms with van der Waals surface area (Å²) < 4.78 is 0. The fraction of sp³-hybridized carbons (Fsp3) is 1.00. The summed E-state index contributed by atoms with van der Waals surface area (Å²) >= 11 is 0. The largest absolute Gasteiger partial charge is 0.390 e. The summed E-state index contributed by atoms with van der Waals surface area (Å²) in [6.07, 6.45) is 13.8. The Bertz CT molecular complexity index is 559. The maximum Gasteiger partial charge on any atom is 0.0786 e. The average Bonchev–Trinajstić information content (AvgIpc) is 3.42. The summed E-state index contributed by atoms with van der Waals surface area (Å²) in [5.74, 6) is 5.56. The van der Waals surface area contributed by atoms with Gasteiger partial charge in [-0.2, -0.15) is 0 Å². The smallest absolute Gasteiger partial charge is 0.0786 e. The first-order valence-electron chi connectivity index (χ1n) is 12.9. The van der Waals surface area contributed by atoms with Crippen molar-refractivity contribution >= 4 is 0 Å². The molecule has 3 heteroatoms. The Morgan fingerprint density at radius 1 is 0.931 bits per heavy atom. The van der Waals surface area contributed by atoms with Crippen LogP contribution >= 0.6 is 0 Å². The molecule has 0 heterocycles. The van der Waals surface area contributed by atoms with Crippen LogP contribution in [0.1, 0.15) is 91.9 Å². The molecule has 4 N–H and O–H groups in total. The number of hydrogen-bond donors (Lipinski definition) is 3. The molecule has 4 aliphatic rings. The number of aliphatic hydroxyl groups excluding tert-OH is 1. The van der Waals surface area contributed by atoms with Crippen LogP contribution in [-0.2, 0) is 0 Å². The third kappa shape index (κ3) is 4.05. The highest BCUT2D eigenvalue weighted by molar-refractivity contribution is 5.06. The number of unbranched alkanes of at least 4 members (excludes halogenated alkanes) is 1. The molecule has 8 unspecified atom stereocenters. The van der Waals surface area contributed by atoms with Crippen LogP contribution in [0.3, 0.4) is 0 Å². The summed E-state index contributed by atoms with van der Waals surface area (Å²) in [4.78, 5) is 0. The minimum absolute atomic E-state index is 0.360. The maximum atomic E-state index is 10.1. The lowest BCUT2D eigenvalue weighted by Crippen LogP contribution is -2.49. The van der Waals surface area contributed by atoms with Crippen molar-refractivity contribution in [1.29, 1.82) is 0 Å². The van der Waals surface area contributed by atoms with Gasteiger partial charge in [0.05, 0.1) is 6.10 Å². The van der Waals surface area contributed by atoms with E-state index in [9.17, 15) is 5.11 Å². The average molecular weight is 405 g/mol. The SMILES string of the molecule is CC1(C)C2CCC(C2)C1CCCCC(NCC(O)CN)C1C2CCC(C2)C1(C)C. The molecular weight excluding hydrogens is 356 g/mol. The molecule has 0 aromatic carbocycles. The number of nitrogens with two attached hydrogens (primary N) is 1. The van der Waals surface area contributed by atoms with Gasteiger partial charge in [0, 0.05) is 19.1 Å². The summed E-state index contributed by atoms with van der Waals surface area (Å²) in [6.45, 7) is 11.2. The van der Waals surface area contributed by atoms with E-state index in [1.165, 1.54) is 64.2 Å². The molecule has 4 aliphatic carbocycles. The highest BCUT2D eigenvalue weighted by Gasteiger charge is 2.55. The van der Waals surface area contributed by atoms with Crippen LogP contribution in [-0.4, -0.2) is 30.3 Å². The Hall–Kier alpha value is -0.120. The lowest BCUT2D eigenvalue weighted by atomic mass is 9.65. The maximum absolute atomic E-state index is 10.1. The summed E-state index contributed by atoms with van der Waals surface area (Å²) in [5, 5.41) is 13.9. The van der Waals surface area contributed by atoms with Gasteiger partial charge >= 0.3 is 0 Å². The van der Waals surface area contributed by atoms with Gasteiger partial charge < -0.3 is 16.2 Å². The zero-order chi connectivity index (χ0) is 20.8. The van der Waals surface area contributed by atoms with Crippen LogP contribution < -0.4 is 11.1 Å². The van der Waals surface area contributed by atoms with Crippen molar-refractivity contribution in [3.05, 3.63) is 0 Å². The Balaban J connectivity index is 1.32. The van der Waals surface area contributed by atoms with Crippen LogP contribution in [0.4, 0.5) is 0 Å². The molecular formula is C26H48N2O. The van der Waals surface area contributed by atoms with Crippen LogP contribution in [0.5, 0.6) is 0 Å². The summed E-state index contributed by atoms with van der Waals surface area (Å²) in [5.41, 5.74) is 6.71. The van der Waals surface area contributed by atoms with Crippen molar-refractivity contribution in [2.24, 2.45) is 52.1 Å². The van der Waals surface area contributed by atoms with Crippen molar-refractivity contribution in [3.63, 3.8) is 0 Å². The van der Waals surface area contributed by atoms with Gasteiger partial charge in [0.15, 0.2) is 0 Å². The molecule has 0 spiro atoms. The van der Waals surface area contributed by atoms with E-state index in [1.54, 1.807) is 0 Å². The first kappa shape index (κ1) is 22.1. The second kappa shape index (κ2) is 8.43. The van der Waals surface area contributed by atoms with E-state index < -0.39 is 6.10 Å². The molecule has 4 saturated carbocycles. The van der Waals surface area contributed by atoms with E-state index in [-0.39, 0.29) is 0 Å². The third-order valence-electron chi connectivity index (χ3n) is 10.5. The standard InChI is InChI=1S/C26H48N2O/c1-25(2)19-11-9-17(13-19)22(25)7-5-6-8-23(28-16-21(29)15-27)24-18-10-12-20(14-18)26(24,3)4/h17-24,28-29H,5-16,27H2,1-4H3. The quantitative estimate of drug-likeness (QED) is 0.451. The first-order valence-corrected chi connectivity index (χ1v) is 12.9. The molecule has 0 aliphatic heterocycles. The normalized spacial score (nSPS) is 41.2. The topological polar surface area (TPSA) is 58.3 Å². The van der Waals surface area contributed by atoms with E-state index in [0.717, 1.165) is 35.5 Å². The van der Waals surface area contributed by atoms with Gasteiger partial charge in [-0.15, -0.1) is 0 Å². The predicted octanol–water partition coefficient (Wildman–Crippen LogP) is 4.97. The van der Waals surface area contributed by atoms with Crippen LogP contribution in [0.25, 0.3) is 0 Å². The number of rotatable bonds is 10. The van der Waals surface area contributed by atoms with Crippen molar-refractivity contribution in [2.75, 3.05) is 13.1 Å². The molecule has 4 rings (SSSR count). The van der Waals surface area contributed by atoms with Crippen molar-refractivity contribution in [2.45, 2.75) is 104 Å². The molecule has 0 aromatic rings. The highest BCUT2D eigenvalue weighted by Crippen LogP contribution is 2.62. The minimum atomic E-state index is -0.408. The van der Waals surface area contributed by atoms with Gasteiger partial charge in [-0.1, -0.05) is 40.5 Å². The Labute approximate surface area is 180 Å². The molecule has 0 aromatic heterocycles. The molecule has 0 saturated heterocycles. The summed E-state index contributed by atoms with van der Waals surface area (Å²) in [6, 6.07) is 0.550. The monoisotopic (exact) mass is 404 g/mol. The Morgan fingerprint density at radius 2 is 1.59 bits per heavy atom. The van der Waals surface area contributed by atoms with E-state index in [0.29, 0.717) is 30.0 Å². The fourth-order valence-corrected chi connectivity index (χ4v) is 8.83. The lowest BCUT2D eigenvalue weighted by molar-refractivity contribution is 0.0719. The summed E-state index contributed by atoms with van der Waals surface area (Å²) in [7, 11) is 0. The van der Waals surface area contributed by atoms with Gasteiger partial charge in [-0.3, -0.25) is 0 Å².